The monoisotopic (exact) mass is 349 g/mol. The van der Waals surface area contributed by atoms with E-state index in [4.69, 9.17) is 11.6 Å². The Bertz CT molecular complexity index is 491. The maximum absolute atomic E-state index is 5.93. The van der Waals surface area contributed by atoms with Crippen LogP contribution in [-0.4, -0.2) is 14.8 Å². The number of aryl methyl sites for hydroxylation is 1. The Kier molecular flexibility index (Phi) is 3.13. The first-order chi connectivity index (χ1) is 7.08. The molecule has 0 N–H and O–H groups in total. The Balaban J connectivity index is 2.54. The van der Waals surface area contributed by atoms with Gasteiger partial charge in [-0.3, -0.25) is 0 Å². The van der Waals surface area contributed by atoms with Gasteiger partial charge in [-0.15, -0.1) is 0 Å². The van der Waals surface area contributed by atoms with Crippen LogP contribution >= 0.6 is 43.5 Å². The predicted molar refractivity (Wildman–Crippen MR) is 66.5 cm³/mol. The molecule has 0 aliphatic rings. The van der Waals surface area contributed by atoms with Crippen LogP contribution in [0.3, 0.4) is 0 Å². The van der Waals surface area contributed by atoms with Gasteiger partial charge in [-0.2, -0.15) is 5.10 Å². The van der Waals surface area contributed by atoms with Crippen molar-refractivity contribution in [2.45, 2.75) is 6.92 Å². The molecule has 2 aromatic rings. The Morgan fingerprint density at radius 1 is 1.40 bits per heavy atom. The van der Waals surface area contributed by atoms with Crippen LogP contribution in [0.5, 0.6) is 0 Å². The molecule has 0 atom stereocenters. The van der Waals surface area contributed by atoms with Crippen molar-refractivity contribution >= 4 is 43.5 Å². The first kappa shape index (κ1) is 11.1. The zero-order chi connectivity index (χ0) is 11.0. The van der Waals surface area contributed by atoms with Gasteiger partial charge in [-0.1, -0.05) is 11.6 Å². The van der Waals surface area contributed by atoms with Crippen LogP contribution in [0, 0.1) is 6.92 Å². The second-order valence-corrected chi connectivity index (χ2v) is 5.14. The van der Waals surface area contributed by atoms with Crippen LogP contribution in [0.2, 0.25) is 5.02 Å². The topological polar surface area (TPSA) is 30.7 Å². The molecule has 2 aromatic heterocycles. The highest BCUT2D eigenvalue weighted by molar-refractivity contribution is 9.11. The van der Waals surface area contributed by atoms with E-state index in [9.17, 15) is 0 Å². The molecule has 0 saturated carbocycles. The van der Waals surface area contributed by atoms with Crippen LogP contribution in [0.15, 0.2) is 27.4 Å². The average Bonchev–Trinajstić information content (AvgIpc) is 2.46. The number of nitrogens with zero attached hydrogens (tertiary/aromatic N) is 3. The molecular weight excluding hydrogens is 345 g/mol. The van der Waals surface area contributed by atoms with Gasteiger partial charge in [0.2, 0.25) is 0 Å². The molecule has 0 spiro atoms. The Morgan fingerprint density at radius 2 is 2.13 bits per heavy atom. The van der Waals surface area contributed by atoms with E-state index in [1.54, 1.807) is 17.1 Å². The van der Waals surface area contributed by atoms with Crippen molar-refractivity contribution in [2.75, 3.05) is 0 Å². The molecule has 0 unspecified atom stereocenters. The third-order valence-electron chi connectivity index (χ3n) is 1.84. The molecule has 0 aliphatic carbocycles. The van der Waals surface area contributed by atoms with Crippen molar-refractivity contribution in [3.63, 3.8) is 0 Å². The molecule has 2 rings (SSSR count). The van der Waals surface area contributed by atoms with Gasteiger partial charge in [0.15, 0.2) is 5.82 Å². The van der Waals surface area contributed by atoms with E-state index < -0.39 is 0 Å². The number of hydrogen-bond acceptors (Lipinski definition) is 2. The first-order valence-corrected chi connectivity index (χ1v) is 6.07. The van der Waals surface area contributed by atoms with Gasteiger partial charge in [0, 0.05) is 10.7 Å². The Morgan fingerprint density at radius 3 is 2.67 bits per heavy atom. The van der Waals surface area contributed by atoms with E-state index in [1.807, 2.05) is 13.0 Å². The third kappa shape index (κ3) is 2.24. The van der Waals surface area contributed by atoms with Gasteiger partial charge >= 0.3 is 0 Å². The molecule has 0 saturated heterocycles. The lowest BCUT2D eigenvalue weighted by atomic mass is 10.4. The summed E-state index contributed by atoms with van der Waals surface area (Å²) in [5.41, 5.74) is 0.785. The molecule has 0 bridgehead atoms. The fourth-order valence-electron chi connectivity index (χ4n) is 1.12. The summed E-state index contributed by atoms with van der Waals surface area (Å²) in [6.07, 6.45) is 3.45. The van der Waals surface area contributed by atoms with Crippen molar-refractivity contribution < 1.29 is 0 Å². The summed E-state index contributed by atoms with van der Waals surface area (Å²) in [7, 11) is 0. The van der Waals surface area contributed by atoms with Gasteiger partial charge in [0.1, 0.15) is 0 Å². The molecule has 0 aromatic carbocycles. The van der Waals surface area contributed by atoms with E-state index in [0.717, 1.165) is 14.6 Å². The summed E-state index contributed by atoms with van der Waals surface area (Å²) in [6.45, 7) is 1.85. The van der Waals surface area contributed by atoms with Gasteiger partial charge in [0.25, 0.3) is 0 Å². The van der Waals surface area contributed by atoms with Crippen LogP contribution in [0.1, 0.15) is 5.69 Å². The minimum absolute atomic E-state index is 0.631. The highest BCUT2D eigenvalue weighted by Crippen LogP contribution is 2.24. The molecule has 0 fully saturated rings. The third-order valence-corrected chi connectivity index (χ3v) is 3.23. The predicted octanol–water partition coefficient (Wildman–Crippen LogP) is 3.75. The minimum atomic E-state index is 0.631. The SMILES string of the molecule is Cc1nn(-c2ncc(Br)cc2Br)cc1Cl. The molecule has 3 nitrogen and oxygen atoms in total. The number of pyridine rings is 1. The summed E-state index contributed by atoms with van der Waals surface area (Å²) < 4.78 is 3.41. The lowest BCUT2D eigenvalue weighted by Gasteiger charge is -2.02. The summed E-state index contributed by atoms with van der Waals surface area (Å²) in [5, 5.41) is 4.88. The van der Waals surface area contributed by atoms with Gasteiger partial charge in [-0.05, 0) is 44.8 Å². The minimum Gasteiger partial charge on any atom is -0.235 e. The van der Waals surface area contributed by atoms with Crippen LogP contribution < -0.4 is 0 Å². The number of aromatic nitrogens is 3. The lowest BCUT2D eigenvalue weighted by molar-refractivity contribution is 0.827. The Hall–Kier alpha value is -0.390. The molecule has 0 aliphatic heterocycles. The second-order valence-electron chi connectivity index (χ2n) is 2.97. The molecular formula is C9H6Br2ClN3. The maximum atomic E-state index is 5.93. The second kappa shape index (κ2) is 4.23. The standard InChI is InChI=1S/C9H6Br2ClN3/c1-5-8(12)4-15(14-5)9-7(11)2-6(10)3-13-9/h2-4H,1H3. The quantitative estimate of drug-likeness (QED) is 0.783. The van der Waals surface area contributed by atoms with Gasteiger partial charge in [0.05, 0.1) is 21.4 Å². The summed E-state index contributed by atoms with van der Waals surface area (Å²) in [4.78, 5) is 4.25. The number of rotatable bonds is 1. The van der Waals surface area contributed by atoms with Crippen LogP contribution in [0.25, 0.3) is 5.82 Å². The average molecular weight is 351 g/mol. The van der Waals surface area contributed by atoms with Crippen molar-refractivity contribution in [1.29, 1.82) is 0 Å². The van der Waals surface area contributed by atoms with E-state index in [2.05, 4.69) is 41.9 Å². The lowest BCUT2D eigenvalue weighted by Crippen LogP contribution is -1.99. The molecule has 6 heteroatoms. The molecule has 0 amide bonds. The van der Waals surface area contributed by atoms with Crippen molar-refractivity contribution in [2.24, 2.45) is 0 Å². The highest BCUT2D eigenvalue weighted by atomic mass is 79.9. The summed E-state index contributed by atoms with van der Waals surface area (Å²) in [6, 6.07) is 1.91. The zero-order valence-corrected chi connectivity index (χ0v) is 11.6. The molecule has 15 heavy (non-hydrogen) atoms. The van der Waals surface area contributed by atoms with E-state index in [1.165, 1.54) is 0 Å². The van der Waals surface area contributed by atoms with Crippen molar-refractivity contribution in [1.82, 2.24) is 14.8 Å². The molecule has 78 valence electrons. The summed E-state index contributed by atoms with van der Waals surface area (Å²) in [5.74, 6) is 0.716. The van der Waals surface area contributed by atoms with Crippen LogP contribution in [0.4, 0.5) is 0 Å². The van der Waals surface area contributed by atoms with Gasteiger partial charge < -0.3 is 0 Å². The van der Waals surface area contributed by atoms with Crippen LogP contribution in [-0.2, 0) is 0 Å². The normalized spacial score (nSPS) is 10.7. The summed E-state index contributed by atoms with van der Waals surface area (Å²) >= 11 is 12.7. The largest absolute Gasteiger partial charge is 0.235 e. The smallest absolute Gasteiger partial charge is 0.167 e. The fourth-order valence-corrected chi connectivity index (χ4v) is 2.42. The number of hydrogen-bond donors (Lipinski definition) is 0. The molecule has 0 radical (unpaired) electrons. The first-order valence-electron chi connectivity index (χ1n) is 4.11. The van der Waals surface area contributed by atoms with Gasteiger partial charge in [-0.25, -0.2) is 9.67 Å². The number of halogens is 3. The van der Waals surface area contributed by atoms with Crippen molar-refractivity contribution in [3.8, 4) is 5.82 Å². The van der Waals surface area contributed by atoms with E-state index >= 15 is 0 Å². The fraction of sp³-hybridized carbons (Fsp3) is 0.111. The zero-order valence-electron chi connectivity index (χ0n) is 7.71. The highest BCUT2D eigenvalue weighted by Gasteiger charge is 2.08. The van der Waals surface area contributed by atoms with Crippen molar-refractivity contribution in [3.05, 3.63) is 38.1 Å². The maximum Gasteiger partial charge on any atom is 0.167 e. The van der Waals surface area contributed by atoms with E-state index in [0.29, 0.717) is 10.8 Å². The van der Waals surface area contributed by atoms with E-state index in [-0.39, 0.29) is 0 Å². The molecule has 2 heterocycles. The Labute approximate surface area is 109 Å².